The maximum atomic E-state index is 5.60. The number of aromatic amines is 1. The monoisotopic (exact) mass is 300 g/mol. The van der Waals surface area contributed by atoms with Gasteiger partial charge in [-0.15, -0.1) is 0 Å². The van der Waals surface area contributed by atoms with E-state index in [0.29, 0.717) is 6.61 Å². The molecule has 0 saturated carbocycles. The molecule has 21 heavy (non-hydrogen) atoms. The number of para-hydroxylation sites is 2. The van der Waals surface area contributed by atoms with Crippen LogP contribution in [-0.4, -0.2) is 23.7 Å². The van der Waals surface area contributed by atoms with Crippen LogP contribution in [-0.2, 0) is 10.6 Å². The van der Waals surface area contributed by atoms with Crippen LogP contribution in [0.1, 0.15) is 5.56 Å². The fraction of sp³-hybridized carbons (Fsp3) is 0.188. The molecule has 0 aliphatic heterocycles. The second-order valence-corrected chi connectivity index (χ2v) is 5.35. The SMILES string of the molecule is COc1ccc(CCOSc2nc3ccccc3[nH]2)cc1. The Bertz CT molecular complexity index is 677. The lowest BCUT2D eigenvalue weighted by molar-refractivity contribution is 0.377. The molecular formula is C16H16N2O2S. The van der Waals surface area contributed by atoms with Crippen LogP contribution in [0, 0.1) is 0 Å². The Morgan fingerprint density at radius 3 is 2.67 bits per heavy atom. The van der Waals surface area contributed by atoms with E-state index in [1.165, 1.54) is 17.6 Å². The number of imidazole rings is 1. The van der Waals surface area contributed by atoms with Crippen LogP contribution in [0.2, 0.25) is 0 Å². The summed E-state index contributed by atoms with van der Waals surface area (Å²) >= 11 is 1.28. The molecule has 0 atom stereocenters. The Morgan fingerprint density at radius 2 is 1.90 bits per heavy atom. The molecule has 0 aliphatic carbocycles. The minimum atomic E-state index is 0.633. The van der Waals surface area contributed by atoms with E-state index in [1.807, 2.05) is 48.5 Å². The lowest BCUT2D eigenvalue weighted by Crippen LogP contribution is -1.94. The number of ether oxygens (including phenoxy) is 1. The predicted molar refractivity (Wildman–Crippen MR) is 84.6 cm³/mol. The lowest BCUT2D eigenvalue weighted by Gasteiger charge is -2.03. The molecular weight excluding hydrogens is 284 g/mol. The van der Waals surface area contributed by atoms with Gasteiger partial charge in [0.15, 0.2) is 5.16 Å². The molecule has 0 saturated heterocycles. The molecule has 0 amide bonds. The topological polar surface area (TPSA) is 47.1 Å². The average Bonchev–Trinajstić information content (AvgIpc) is 2.95. The zero-order valence-electron chi connectivity index (χ0n) is 11.7. The number of aromatic nitrogens is 2. The number of benzene rings is 2. The van der Waals surface area contributed by atoms with Gasteiger partial charge in [0.1, 0.15) is 5.75 Å². The summed E-state index contributed by atoms with van der Waals surface area (Å²) in [5.74, 6) is 0.872. The molecule has 1 heterocycles. The summed E-state index contributed by atoms with van der Waals surface area (Å²) < 4.78 is 10.7. The smallest absolute Gasteiger partial charge is 0.194 e. The maximum Gasteiger partial charge on any atom is 0.194 e. The van der Waals surface area contributed by atoms with Crippen LogP contribution in [0.5, 0.6) is 5.75 Å². The van der Waals surface area contributed by atoms with Crippen LogP contribution in [0.4, 0.5) is 0 Å². The van der Waals surface area contributed by atoms with Gasteiger partial charge in [-0.1, -0.05) is 24.3 Å². The molecule has 108 valence electrons. The van der Waals surface area contributed by atoms with Crippen molar-refractivity contribution in [1.82, 2.24) is 9.97 Å². The number of nitrogens with one attached hydrogen (secondary N) is 1. The normalized spacial score (nSPS) is 10.9. The van der Waals surface area contributed by atoms with E-state index in [-0.39, 0.29) is 0 Å². The summed E-state index contributed by atoms with van der Waals surface area (Å²) in [7, 11) is 1.67. The summed E-state index contributed by atoms with van der Waals surface area (Å²) in [4.78, 5) is 7.67. The zero-order valence-corrected chi connectivity index (χ0v) is 12.5. The van der Waals surface area contributed by atoms with Crippen molar-refractivity contribution < 1.29 is 8.92 Å². The third kappa shape index (κ3) is 3.56. The number of H-pyrrole nitrogens is 1. The largest absolute Gasteiger partial charge is 0.497 e. The molecule has 0 bridgehead atoms. The molecule has 0 unspecified atom stereocenters. The van der Waals surface area contributed by atoms with Gasteiger partial charge in [0, 0.05) is 0 Å². The number of nitrogens with zero attached hydrogens (tertiary/aromatic N) is 1. The Morgan fingerprint density at radius 1 is 1.10 bits per heavy atom. The molecule has 2 aromatic carbocycles. The number of methoxy groups -OCH3 is 1. The van der Waals surface area contributed by atoms with E-state index in [9.17, 15) is 0 Å². The zero-order chi connectivity index (χ0) is 14.5. The highest BCUT2D eigenvalue weighted by Crippen LogP contribution is 2.20. The molecule has 1 aromatic heterocycles. The van der Waals surface area contributed by atoms with Gasteiger partial charge in [-0.05, 0) is 36.2 Å². The fourth-order valence-corrected chi connectivity index (χ4v) is 2.58. The molecule has 0 spiro atoms. The first-order valence-electron chi connectivity index (χ1n) is 6.72. The summed E-state index contributed by atoms with van der Waals surface area (Å²) in [6, 6.07) is 16.0. The van der Waals surface area contributed by atoms with Crippen molar-refractivity contribution in [2.45, 2.75) is 11.6 Å². The third-order valence-corrected chi connectivity index (χ3v) is 3.77. The molecule has 4 nitrogen and oxygen atoms in total. The van der Waals surface area contributed by atoms with Crippen molar-refractivity contribution in [3.63, 3.8) is 0 Å². The van der Waals surface area contributed by atoms with Gasteiger partial charge in [0.2, 0.25) is 0 Å². The van der Waals surface area contributed by atoms with Gasteiger partial charge in [0.25, 0.3) is 0 Å². The van der Waals surface area contributed by atoms with Crippen LogP contribution in [0.25, 0.3) is 11.0 Å². The number of hydrogen-bond acceptors (Lipinski definition) is 4. The van der Waals surface area contributed by atoms with Crippen LogP contribution in [0.15, 0.2) is 53.7 Å². The fourth-order valence-electron chi connectivity index (χ4n) is 2.02. The van der Waals surface area contributed by atoms with Gasteiger partial charge < -0.3 is 13.9 Å². The first-order valence-corrected chi connectivity index (χ1v) is 7.46. The van der Waals surface area contributed by atoms with Crippen molar-refractivity contribution in [2.24, 2.45) is 0 Å². The van der Waals surface area contributed by atoms with Gasteiger partial charge in [-0.3, -0.25) is 0 Å². The van der Waals surface area contributed by atoms with E-state index in [4.69, 9.17) is 8.92 Å². The second-order valence-electron chi connectivity index (χ2n) is 4.56. The number of hydrogen-bond donors (Lipinski definition) is 1. The highest BCUT2D eigenvalue weighted by atomic mass is 32.2. The Labute approximate surface area is 127 Å². The number of rotatable bonds is 6. The van der Waals surface area contributed by atoms with Gasteiger partial charge in [-0.25, -0.2) is 4.98 Å². The molecule has 3 rings (SSSR count). The molecule has 0 radical (unpaired) electrons. The second kappa shape index (κ2) is 6.65. The van der Waals surface area contributed by atoms with E-state index < -0.39 is 0 Å². The summed E-state index contributed by atoms with van der Waals surface area (Å²) in [6.07, 6.45) is 0.858. The Kier molecular flexibility index (Phi) is 4.43. The predicted octanol–water partition coefficient (Wildman–Crippen LogP) is 3.84. The van der Waals surface area contributed by atoms with E-state index in [2.05, 4.69) is 9.97 Å². The van der Waals surface area contributed by atoms with E-state index in [1.54, 1.807) is 7.11 Å². The van der Waals surface area contributed by atoms with Gasteiger partial charge in [-0.2, -0.15) is 0 Å². The maximum absolute atomic E-state index is 5.60. The van der Waals surface area contributed by atoms with Crippen LogP contribution in [0.3, 0.4) is 0 Å². The first-order chi connectivity index (χ1) is 10.3. The Balaban J connectivity index is 1.49. The van der Waals surface area contributed by atoms with Crippen molar-refractivity contribution >= 4 is 23.1 Å². The van der Waals surface area contributed by atoms with Crippen molar-refractivity contribution in [1.29, 1.82) is 0 Å². The van der Waals surface area contributed by atoms with Gasteiger partial charge >= 0.3 is 0 Å². The van der Waals surface area contributed by atoms with E-state index in [0.717, 1.165) is 28.4 Å². The van der Waals surface area contributed by atoms with E-state index >= 15 is 0 Å². The quantitative estimate of drug-likeness (QED) is 0.555. The standard InChI is InChI=1S/C16H16N2O2S/c1-19-13-8-6-12(7-9-13)10-11-20-21-16-17-14-4-2-3-5-15(14)18-16/h2-9H,10-11H2,1H3,(H,17,18). The summed E-state index contributed by atoms with van der Waals surface area (Å²) in [5.41, 5.74) is 3.21. The van der Waals surface area contributed by atoms with Crippen molar-refractivity contribution in [3.8, 4) is 5.75 Å². The van der Waals surface area contributed by atoms with Crippen LogP contribution >= 0.6 is 12.0 Å². The van der Waals surface area contributed by atoms with Crippen LogP contribution < -0.4 is 4.74 Å². The van der Waals surface area contributed by atoms with Crippen molar-refractivity contribution in [2.75, 3.05) is 13.7 Å². The van der Waals surface area contributed by atoms with Gasteiger partial charge in [0.05, 0.1) is 36.8 Å². The number of fused-ring (bicyclic) bond motifs is 1. The highest BCUT2D eigenvalue weighted by molar-refractivity contribution is 7.94. The molecule has 0 fully saturated rings. The molecule has 0 aliphatic rings. The molecule has 5 heteroatoms. The minimum Gasteiger partial charge on any atom is -0.497 e. The molecule has 1 N–H and O–H groups in total. The molecule has 3 aromatic rings. The minimum absolute atomic E-state index is 0.633. The van der Waals surface area contributed by atoms with Crippen molar-refractivity contribution in [3.05, 3.63) is 54.1 Å². The first kappa shape index (κ1) is 14.0. The Hall–Kier alpha value is -1.98. The highest BCUT2D eigenvalue weighted by Gasteiger charge is 2.03. The average molecular weight is 300 g/mol. The lowest BCUT2D eigenvalue weighted by atomic mass is 10.1. The summed E-state index contributed by atoms with van der Waals surface area (Å²) in [5, 5.41) is 0.783. The third-order valence-electron chi connectivity index (χ3n) is 3.14. The summed E-state index contributed by atoms with van der Waals surface area (Å²) in [6.45, 7) is 0.633.